The summed E-state index contributed by atoms with van der Waals surface area (Å²) in [6, 6.07) is 4.15. The van der Waals surface area contributed by atoms with Gasteiger partial charge in [0.1, 0.15) is 11.4 Å². The zero-order chi connectivity index (χ0) is 20.8. The molecule has 1 spiro atoms. The van der Waals surface area contributed by atoms with Gasteiger partial charge in [0, 0.05) is 23.3 Å². The summed E-state index contributed by atoms with van der Waals surface area (Å²) in [6.07, 6.45) is 7.57. The first-order valence-electron chi connectivity index (χ1n) is 11.0. The minimum Gasteiger partial charge on any atom is -0.496 e. The molecule has 2 heterocycles. The van der Waals surface area contributed by atoms with Crippen LogP contribution in [0, 0.1) is 23.2 Å². The second-order valence-corrected chi connectivity index (χ2v) is 10.5. The van der Waals surface area contributed by atoms with Gasteiger partial charge in [0.15, 0.2) is 5.79 Å². The van der Waals surface area contributed by atoms with E-state index in [2.05, 4.69) is 52.8 Å². The summed E-state index contributed by atoms with van der Waals surface area (Å²) in [5, 5.41) is 10.1. The molecular weight excluding hydrogens is 364 g/mol. The fourth-order valence-corrected chi connectivity index (χ4v) is 6.99. The number of aliphatic hydroxyl groups is 1. The molecule has 4 nitrogen and oxygen atoms in total. The Morgan fingerprint density at radius 3 is 2.55 bits per heavy atom. The summed E-state index contributed by atoms with van der Waals surface area (Å²) in [4.78, 5) is 0. The van der Waals surface area contributed by atoms with Crippen molar-refractivity contribution in [1.29, 1.82) is 0 Å². The van der Waals surface area contributed by atoms with Gasteiger partial charge in [-0.2, -0.15) is 0 Å². The van der Waals surface area contributed by atoms with Gasteiger partial charge in [-0.15, -0.1) is 0 Å². The molecule has 2 bridgehead atoms. The number of rotatable bonds is 2. The number of methoxy groups -OCH3 is 1. The van der Waals surface area contributed by atoms with Crippen LogP contribution in [-0.4, -0.2) is 23.6 Å². The van der Waals surface area contributed by atoms with Crippen molar-refractivity contribution in [2.75, 3.05) is 7.11 Å². The number of ether oxygens (including phenoxy) is 3. The SMILES string of the molecule is COc1ccc2c(c1CO)C=C[C@]1(C)C3CCC21OC1(C[C@H](C)C(C)(C)O1)C3C. The minimum absolute atomic E-state index is 0.0466. The number of aliphatic hydroxyl groups excluding tert-OH is 1. The summed E-state index contributed by atoms with van der Waals surface area (Å²) in [5.41, 5.74) is 2.39. The molecule has 0 radical (unpaired) electrons. The third-order valence-electron chi connectivity index (χ3n) is 9.03. The fourth-order valence-electron chi connectivity index (χ4n) is 6.99. The third kappa shape index (κ3) is 2.21. The van der Waals surface area contributed by atoms with Crippen molar-refractivity contribution in [3.63, 3.8) is 0 Å². The van der Waals surface area contributed by atoms with Crippen molar-refractivity contribution < 1.29 is 19.3 Å². The summed E-state index contributed by atoms with van der Waals surface area (Å²) < 4.78 is 19.5. The number of hydrogen-bond acceptors (Lipinski definition) is 4. The molecule has 158 valence electrons. The van der Waals surface area contributed by atoms with Gasteiger partial charge in [0.25, 0.3) is 0 Å². The molecule has 2 aliphatic carbocycles. The predicted molar refractivity (Wildman–Crippen MR) is 112 cm³/mol. The van der Waals surface area contributed by atoms with Gasteiger partial charge in [0.2, 0.25) is 0 Å². The van der Waals surface area contributed by atoms with Gasteiger partial charge in [-0.3, -0.25) is 0 Å². The van der Waals surface area contributed by atoms with Crippen molar-refractivity contribution in [1.82, 2.24) is 0 Å². The Labute approximate surface area is 174 Å². The zero-order valence-corrected chi connectivity index (χ0v) is 18.5. The average molecular weight is 399 g/mol. The van der Waals surface area contributed by atoms with Crippen molar-refractivity contribution in [3.05, 3.63) is 34.9 Å². The van der Waals surface area contributed by atoms with Crippen LogP contribution in [0.4, 0.5) is 0 Å². The van der Waals surface area contributed by atoms with Crippen LogP contribution in [0.2, 0.25) is 0 Å². The van der Waals surface area contributed by atoms with Gasteiger partial charge in [-0.05, 0) is 55.7 Å². The van der Waals surface area contributed by atoms with Crippen molar-refractivity contribution in [2.24, 2.45) is 23.2 Å². The largest absolute Gasteiger partial charge is 0.496 e. The Morgan fingerprint density at radius 2 is 1.93 bits per heavy atom. The normalized spacial score (nSPS) is 44.0. The molecule has 1 saturated carbocycles. The lowest BCUT2D eigenvalue weighted by Gasteiger charge is -2.59. The molecule has 4 aliphatic rings. The summed E-state index contributed by atoms with van der Waals surface area (Å²) >= 11 is 0. The van der Waals surface area contributed by atoms with E-state index in [1.165, 1.54) is 5.56 Å². The van der Waals surface area contributed by atoms with E-state index >= 15 is 0 Å². The monoisotopic (exact) mass is 398 g/mol. The lowest BCUT2D eigenvalue weighted by atomic mass is 9.58. The first-order valence-corrected chi connectivity index (χ1v) is 11.0. The van der Waals surface area contributed by atoms with Gasteiger partial charge in [-0.1, -0.05) is 39.0 Å². The van der Waals surface area contributed by atoms with E-state index in [-0.39, 0.29) is 17.6 Å². The van der Waals surface area contributed by atoms with Crippen molar-refractivity contribution in [2.45, 2.75) is 77.5 Å². The first kappa shape index (κ1) is 19.6. The van der Waals surface area contributed by atoms with Crippen LogP contribution in [-0.2, 0) is 21.7 Å². The summed E-state index contributed by atoms with van der Waals surface area (Å²) in [6.45, 7) is 11.3. The van der Waals surface area contributed by atoms with Crippen LogP contribution in [0.5, 0.6) is 5.75 Å². The first-order chi connectivity index (χ1) is 13.6. The predicted octanol–water partition coefficient (Wildman–Crippen LogP) is 5.02. The molecular formula is C25H34O4. The highest BCUT2D eigenvalue weighted by Gasteiger charge is 2.72. The Hall–Kier alpha value is -1.36. The summed E-state index contributed by atoms with van der Waals surface area (Å²) in [5.74, 6) is 1.45. The topological polar surface area (TPSA) is 47.9 Å². The van der Waals surface area contributed by atoms with E-state index in [1.54, 1.807) is 7.11 Å². The third-order valence-corrected chi connectivity index (χ3v) is 9.03. The number of benzene rings is 1. The van der Waals surface area contributed by atoms with Crippen LogP contribution >= 0.6 is 0 Å². The molecule has 0 aromatic heterocycles. The maximum Gasteiger partial charge on any atom is 0.173 e. The highest BCUT2D eigenvalue weighted by Crippen LogP contribution is 2.71. The van der Waals surface area contributed by atoms with E-state index in [1.807, 2.05) is 6.07 Å². The lowest BCUT2D eigenvalue weighted by Crippen LogP contribution is -2.61. The number of fused-ring (bicyclic) bond motifs is 1. The lowest BCUT2D eigenvalue weighted by molar-refractivity contribution is -0.365. The van der Waals surface area contributed by atoms with Gasteiger partial charge in [-0.25, -0.2) is 0 Å². The molecule has 29 heavy (non-hydrogen) atoms. The molecule has 1 aromatic carbocycles. The quantitative estimate of drug-likeness (QED) is 0.760. The minimum atomic E-state index is -0.550. The van der Waals surface area contributed by atoms with E-state index in [9.17, 15) is 5.11 Å². The second-order valence-electron chi connectivity index (χ2n) is 10.5. The molecule has 2 aliphatic heterocycles. The molecule has 3 fully saturated rings. The summed E-state index contributed by atoms with van der Waals surface area (Å²) in [7, 11) is 1.66. The molecule has 5 rings (SSSR count). The fraction of sp³-hybridized carbons (Fsp3) is 0.680. The zero-order valence-electron chi connectivity index (χ0n) is 18.5. The van der Waals surface area contributed by atoms with Crippen molar-refractivity contribution in [3.8, 4) is 5.75 Å². The van der Waals surface area contributed by atoms with Gasteiger partial charge < -0.3 is 19.3 Å². The smallest absolute Gasteiger partial charge is 0.173 e. The van der Waals surface area contributed by atoms with Crippen LogP contribution in [0.15, 0.2) is 18.2 Å². The Kier molecular flexibility index (Phi) is 3.96. The highest BCUT2D eigenvalue weighted by molar-refractivity contribution is 5.68. The molecule has 1 N–H and O–H groups in total. The molecule has 6 atom stereocenters. The highest BCUT2D eigenvalue weighted by atomic mass is 16.7. The van der Waals surface area contributed by atoms with E-state index < -0.39 is 11.4 Å². The molecule has 4 unspecified atom stereocenters. The Morgan fingerprint density at radius 1 is 1.17 bits per heavy atom. The van der Waals surface area contributed by atoms with E-state index in [0.29, 0.717) is 17.8 Å². The molecule has 1 aromatic rings. The second kappa shape index (κ2) is 5.87. The number of hydrogen-bond donors (Lipinski definition) is 1. The molecule has 0 amide bonds. The molecule has 2 saturated heterocycles. The van der Waals surface area contributed by atoms with Crippen LogP contribution in [0.1, 0.15) is 70.6 Å². The Bertz CT molecular complexity index is 889. The van der Waals surface area contributed by atoms with E-state index in [4.69, 9.17) is 14.2 Å². The molecule has 4 heteroatoms. The van der Waals surface area contributed by atoms with Crippen molar-refractivity contribution >= 4 is 6.08 Å². The standard InChI is InChI=1S/C25H34O4/c1-15-13-25(28-22(15,3)4)16(2)19-10-12-24(29-25)20-7-8-21(27-6)18(14-26)17(20)9-11-23(19,24)5/h7-9,11,15-16,19,26H,10,12-14H2,1-6H3/t15-,16?,19?,23+,24?,25?/m0/s1. The van der Waals surface area contributed by atoms with Crippen LogP contribution in [0.3, 0.4) is 0 Å². The van der Waals surface area contributed by atoms with E-state index in [0.717, 1.165) is 36.1 Å². The maximum absolute atomic E-state index is 10.1. The average Bonchev–Trinajstić information content (AvgIpc) is 3.05. The van der Waals surface area contributed by atoms with Gasteiger partial charge >= 0.3 is 0 Å². The Balaban J connectivity index is 1.71. The van der Waals surface area contributed by atoms with Crippen LogP contribution in [0.25, 0.3) is 6.08 Å². The maximum atomic E-state index is 10.1. The van der Waals surface area contributed by atoms with Crippen LogP contribution < -0.4 is 4.74 Å². The van der Waals surface area contributed by atoms with Gasteiger partial charge in [0.05, 0.1) is 19.3 Å².